The third-order valence-corrected chi connectivity index (χ3v) is 17.6. The largest absolute Gasteiger partial charge is 0.445 e. The van der Waals surface area contributed by atoms with Gasteiger partial charge in [-0.1, -0.05) is 143 Å². The van der Waals surface area contributed by atoms with Crippen LogP contribution in [0.15, 0.2) is 133 Å². The van der Waals surface area contributed by atoms with E-state index in [4.69, 9.17) is 20.9 Å². The topological polar surface area (TPSA) is 309 Å². The standard InChI is InChI=1S/C27H32N4O5.C27H30N4O4.C12H13N3O2.ClH/c1-17(2)13-21(30(3)26(35)36-15-18-9-5-4-6-10-18)24(33)31-16-27(14-22(31)23(28)32)19-11-7-8-12-20(19)29-25(27)34;1-18(2)13-23(30(3)26(34)35-16-19-9-5-4-6-10-19)24(32)31-17-27(14-20(31)15-28)21-11-7-8-12-22(21)29-25(27)33;13-10(16)9-5-12(6-14-9)7-3-1-2-4-8(7)15-11(12)17;/h4-12,17,21-22H,13-16H2,1-3H3,(H2,28,32)(H,29,34);4-12,18,20,23H,13-14,16-17H2,1-3H3,(H,29,33);1-4,9,14H,5-6H2,(H2,13,16)(H,15,17);1H/t21-,22-,27-;20-,23-,27-;9-,12-;/m000./s1. The number of ether oxygens (including phenoxy) is 2. The zero-order chi connectivity index (χ0) is 63.2. The molecule has 0 aromatic heterocycles. The number of rotatable bonds is 14. The molecule has 0 unspecified atom stereocenters. The maximum Gasteiger partial charge on any atom is 0.410 e. The van der Waals surface area contributed by atoms with Gasteiger partial charge in [0.25, 0.3) is 0 Å². The van der Waals surface area contributed by atoms with Crippen LogP contribution in [0, 0.1) is 23.2 Å². The number of hydrogen-bond acceptors (Lipinski definition) is 13. The number of nitrogens with one attached hydrogen (secondary N) is 4. The highest BCUT2D eigenvalue weighted by atomic mass is 35.5. The van der Waals surface area contributed by atoms with Crippen molar-refractivity contribution in [1.82, 2.24) is 24.9 Å². The zero-order valence-electron chi connectivity index (χ0n) is 50.6. The van der Waals surface area contributed by atoms with Crippen molar-refractivity contribution < 1.29 is 52.6 Å². The molecular weight excluding hydrogens is 1160 g/mol. The Kier molecular flexibility index (Phi) is 20.2. The van der Waals surface area contributed by atoms with Gasteiger partial charge < -0.3 is 52.0 Å². The molecule has 0 bridgehead atoms. The van der Waals surface area contributed by atoms with Crippen LogP contribution in [0.25, 0.3) is 0 Å². The number of carbonyl (C=O) groups is 9. The van der Waals surface area contributed by atoms with Gasteiger partial charge in [-0.25, -0.2) is 9.59 Å². The molecule has 6 heterocycles. The summed E-state index contributed by atoms with van der Waals surface area (Å²) in [5.74, 6) is -2.20. The Hall–Kier alpha value is -9.33. The highest BCUT2D eigenvalue weighted by Gasteiger charge is 2.59. The van der Waals surface area contributed by atoms with Crippen LogP contribution in [0.4, 0.5) is 26.7 Å². The number of benzene rings is 5. The van der Waals surface area contributed by atoms with Crippen LogP contribution >= 0.6 is 12.4 Å². The van der Waals surface area contributed by atoms with E-state index < -0.39 is 76.4 Å². The Morgan fingerprint density at radius 3 is 1.35 bits per heavy atom. The molecule has 6 aliphatic rings. The van der Waals surface area contributed by atoms with Gasteiger partial charge >= 0.3 is 12.2 Å². The zero-order valence-corrected chi connectivity index (χ0v) is 51.4. The number of nitrogens with two attached hydrogens (primary N) is 2. The van der Waals surface area contributed by atoms with Gasteiger partial charge in [0.05, 0.1) is 28.4 Å². The van der Waals surface area contributed by atoms with Gasteiger partial charge in [0.15, 0.2) is 0 Å². The average Bonchev–Trinajstić information content (AvgIpc) is 1.62. The molecule has 89 heavy (non-hydrogen) atoms. The second kappa shape index (κ2) is 27.4. The van der Waals surface area contributed by atoms with Crippen LogP contribution in [0.3, 0.4) is 0 Å². The molecule has 5 aromatic rings. The lowest BCUT2D eigenvalue weighted by Gasteiger charge is -2.33. The molecule has 3 spiro atoms. The first-order valence-electron chi connectivity index (χ1n) is 29.5. The van der Waals surface area contributed by atoms with Crippen LogP contribution in [-0.4, -0.2) is 137 Å². The van der Waals surface area contributed by atoms with Crippen molar-refractivity contribution in [1.29, 1.82) is 5.26 Å². The Bertz CT molecular complexity index is 3550. The molecular formula is C66H76ClN11O11. The van der Waals surface area contributed by atoms with Gasteiger partial charge in [-0.05, 0) is 83.5 Å². The van der Waals surface area contributed by atoms with Crippen molar-refractivity contribution in [2.45, 2.75) is 119 Å². The van der Waals surface area contributed by atoms with Gasteiger partial charge in [-0.2, -0.15) is 5.26 Å². The Labute approximate surface area is 523 Å². The van der Waals surface area contributed by atoms with E-state index in [1.165, 1.54) is 26.6 Å². The number of halogens is 1. The molecule has 9 amide bonds. The molecule has 8 N–H and O–H groups in total. The number of nitriles is 1. The van der Waals surface area contributed by atoms with Gasteiger partial charge in [0.1, 0.15) is 37.4 Å². The number of para-hydroxylation sites is 3. The molecule has 3 fully saturated rings. The number of likely N-dealkylation sites (tertiary alicyclic amines) is 2. The van der Waals surface area contributed by atoms with Gasteiger partial charge in [0.2, 0.25) is 41.4 Å². The lowest BCUT2D eigenvalue weighted by atomic mass is 9.79. The molecule has 11 rings (SSSR count). The van der Waals surface area contributed by atoms with Crippen molar-refractivity contribution in [2.24, 2.45) is 23.3 Å². The number of nitrogens with zero attached hydrogens (tertiary/aromatic N) is 5. The summed E-state index contributed by atoms with van der Waals surface area (Å²) in [6, 6.07) is 39.1. The summed E-state index contributed by atoms with van der Waals surface area (Å²) in [4.78, 5) is 121. The predicted molar refractivity (Wildman–Crippen MR) is 333 cm³/mol. The molecule has 22 nitrogen and oxygen atoms in total. The van der Waals surface area contributed by atoms with Crippen LogP contribution in [0.2, 0.25) is 0 Å². The highest BCUT2D eigenvalue weighted by Crippen LogP contribution is 2.49. The fourth-order valence-electron chi connectivity index (χ4n) is 12.9. The highest BCUT2D eigenvalue weighted by molar-refractivity contribution is 6.10. The SMILES string of the molecule is CC(C)C[C@@H](C(=O)N1C[C@]2(C[C@H]1C#N)C(=O)Nc1ccccc12)N(C)C(=O)OCc1ccccc1.CC(C)C[C@@H](C(=O)N1C[C@]2(C[C@H]1C(N)=O)C(=O)Nc1ccccc12)N(C)C(=O)OCc1ccccc1.Cl.NC(=O)[C@@H]1C[C@@]2(CN1)C(=O)Nc1ccccc12. The van der Waals surface area contributed by atoms with Gasteiger partial charge in [0, 0.05) is 57.2 Å². The van der Waals surface area contributed by atoms with E-state index in [0.29, 0.717) is 37.2 Å². The molecule has 0 saturated carbocycles. The molecule has 23 heteroatoms. The molecule has 5 aromatic carbocycles. The number of anilines is 3. The molecule has 6 aliphatic heterocycles. The van der Waals surface area contributed by atoms with Crippen LogP contribution in [0.1, 0.15) is 87.6 Å². The van der Waals surface area contributed by atoms with E-state index in [1.54, 1.807) is 13.1 Å². The number of hydrogen-bond donors (Lipinski definition) is 6. The minimum atomic E-state index is -1.07. The third kappa shape index (κ3) is 13.3. The Morgan fingerprint density at radius 1 is 0.562 bits per heavy atom. The Balaban J connectivity index is 0.000000182. The van der Waals surface area contributed by atoms with E-state index >= 15 is 0 Å². The molecule has 0 aliphatic carbocycles. The van der Waals surface area contributed by atoms with E-state index in [9.17, 15) is 48.4 Å². The lowest BCUT2D eigenvalue weighted by molar-refractivity contribution is -0.141. The number of carbonyl (C=O) groups excluding carboxylic acids is 9. The fraction of sp³-hybridized carbons (Fsp3) is 0.394. The second-order valence-corrected chi connectivity index (χ2v) is 24.3. The second-order valence-electron chi connectivity index (χ2n) is 24.3. The summed E-state index contributed by atoms with van der Waals surface area (Å²) in [6.07, 6.45) is 0.242. The summed E-state index contributed by atoms with van der Waals surface area (Å²) < 4.78 is 10.9. The molecule has 3 saturated heterocycles. The monoisotopic (exact) mass is 1230 g/mol. The molecule has 468 valence electrons. The van der Waals surface area contributed by atoms with E-state index in [0.717, 1.165) is 33.5 Å². The minimum absolute atomic E-state index is 0. The third-order valence-electron chi connectivity index (χ3n) is 17.6. The summed E-state index contributed by atoms with van der Waals surface area (Å²) in [5.41, 5.74) is 14.7. The van der Waals surface area contributed by atoms with E-state index in [-0.39, 0.29) is 87.0 Å². The minimum Gasteiger partial charge on any atom is -0.445 e. The smallest absolute Gasteiger partial charge is 0.410 e. The van der Waals surface area contributed by atoms with Crippen LogP contribution < -0.4 is 32.7 Å². The summed E-state index contributed by atoms with van der Waals surface area (Å²) >= 11 is 0. The molecule has 8 atom stereocenters. The van der Waals surface area contributed by atoms with Crippen molar-refractivity contribution in [3.63, 3.8) is 0 Å². The summed E-state index contributed by atoms with van der Waals surface area (Å²) in [6.45, 7) is 8.55. The first kappa shape index (κ1) is 65.6. The average molecular weight is 1230 g/mol. The summed E-state index contributed by atoms with van der Waals surface area (Å²) in [5, 5.41) is 21.6. The first-order valence-corrected chi connectivity index (χ1v) is 29.5. The van der Waals surface area contributed by atoms with Crippen molar-refractivity contribution in [3.8, 4) is 6.07 Å². The number of primary amides is 2. The summed E-state index contributed by atoms with van der Waals surface area (Å²) in [7, 11) is 3.06. The molecule has 0 radical (unpaired) electrons. The quantitative estimate of drug-likeness (QED) is 0.0695. The predicted octanol–water partition coefficient (Wildman–Crippen LogP) is 6.48. The van der Waals surface area contributed by atoms with Crippen LogP contribution in [0.5, 0.6) is 0 Å². The van der Waals surface area contributed by atoms with E-state index in [2.05, 4.69) is 27.3 Å². The van der Waals surface area contributed by atoms with Crippen molar-refractivity contribution in [3.05, 3.63) is 161 Å². The van der Waals surface area contributed by atoms with E-state index in [1.807, 2.05) is 155 Å². The van der Waals surface area contributed by atoms with Crippen molar-refractivity contribution in [2.75, 3.05) is 49.7 Å². The normalized spacial score (nSPS) is 22.8. The maximum atomic E-state index is 13.9. The van der Waals surface area contributed by atoms with Gasteiger partial charge in [-0.3, -0.25) is 43.4 Å². The number of fused-ring (bicyclic) bond motifs is 6. The maximum absolute atomic E-state index is 13.9. The number of likely N-dealkylation sites (N-methyl/N-ethyl adjacent to an activating group) is 2. The first-order chi connectivity index (χ1) is 42.0. The lowest BCUT2D eigenvalue weighted by Crippen LogP contribution is -2.54. The van der Waals surface area contributed by atoms with Crippen LogP contribution in [-0.2, 0) is 72.5 Å². The fourth-order valence-corrected chi connectivity index (χ4v) is 12.9. The Morgan fingerprint density at radius 2 is 0.944 bits per heavy atom. The number of amides is 9. The van der Waals surface area contributed by atoms with Crippen molar-refractivity contribution >= 4 is 83.0 Å². The van der Waals surface area contributed by atoms with Gasteiger partial charge in [-0.15, -0.1) is 12.4 Å².